The summed E-state index contributed by atoms with van der Waals surface area (Å²) in [5.41, 5.74) is 1.11. The van der Waals surface area contributed by atoms with Gasteiger partial charge in [-0.05, 0) is 30.0 Å². The maximum absolute atomic E-state index is 6.32. The number of hydrogen-bond acceptors (Lipinski definition) is 2. The lowest BCUT2D eigenvalue weighted by Crippen LogP contribution is -1.84. The van der Waals surface area contributed by atoms with E-state index in [0.29, 0.717) is 0 Å². The Bertz CT molecular complexity index is 398. The van der Waals surface area contributed by atoms with E-state index in [-0.39, 0.29) is 5.38 Å². The third kappa shape index (κ3) is 1.98. The largest absolute Gasteiger partial charge is 0.147 e. The van der Waals surface area contributed by atoms with Crippen LogP contribution in [0.2, 0.25) is 4.34 Å². The minimum Gasteiger partial charge on any atom is -0.147 e. The van der Waals surface area contributed by atoms with Crippen molar-refractivity contribution in [1.82, 2.24) is 0 Å². The first-order valence-electron chi connectivity index (χ1n) is 4.12. The molecular formula is C10H8Cl2S2. The van der Waals surface area contributed by atoms with Crippen molar-refractivity contribution in [3.05, 3.63) is 43.2 Å². The highest BCUT2D eigenvalue weighted by molar-refractivity contribution is 7.17. The number of alkyl halides is 1. The second kappa shape index (κ2) is 4.23. The summed E-state index contributed by atoms with van der Waals surface area (Å²) in [6, 6.07) is 6.12. The zero-order valence-electron chi connectivity index (χ0n) is 7.46. The number of thiophene rings is 2. The molecule has 0 radical (unpaired) electrons. The maximum atomic E-state index is 6.32. The molecule has 0 aliphatic heterocycles. The van der Waals surface area contributed by atoms with Gasteiger partial charge in [-0.3, -0.25) is 0 Å². The number of aryl methyl sites for hydroxylation is 1. The average Bonchev–Trinajstić information content (AvgIpc) is 2.76. The molecule has 0 bridgehead atoms. The van der Waals surface area contributed by atoms with E-state index in [1.807, 2.05) is 24.4 Å². The molecule has 0 saturated heterocycles. The van der Waals surface area contributed by atoms with Crippen molar-refractivity contribution in [2.75, 3.05) is 0 Å². The Hall–Kier alpha value is -0.0200. The highest BCUT2D eigenvalue weighted by atomic mass is 35.5. The molecule has 0 nitrogen and oxygen atoms in total. The van der Waals surface area contributed by atoms with Crippen molar-refractivity contribution >= 4 is 45.9 Å². The molecule has 0 amide bonds. The van der Waals surface area contributed by atoms with Gasteiger partial charge in [0.2, 0.25) is 0 Å². The Morgan fingerprint density at radius 1 is 1.36 bits per heavy atom. The molecule has 0 saturated carbocycles. The van der Waals surface area contributed by atoms with Gasteiger partial charge in [-0.1, -0.05) is 17.7 Å². The quantitative estimate of drug-likeness (QED) is 0.661. The average molecular weight is 263 g/mol. The van der Waals surface area contributed by atoms with Crippen molar-refractivity contribution < 1.29 is 0 Å². The van der Waals surface area contributed by atoms with Gasteiger partial charge < -0.3 is 0 Å². The van der Waals surface area contributed by atoms with Gasteiger partial charge in [0.25, 0.3) is 0 Å². The molecule has 2 aromatic rings. The van der Waals surface area contributed by atoms with Crippen molar-refractivity contribution in [3.8, 4) is 0 Å². The van der Waals surface area contributed by atoms with E-state index in [9.17, 15) is 0 Å². The molecule has 0 spiro atoms. The molecule has 2 heterocycles. The first-order valence-corrected chi connectivity index (χ1v) is 6.63. The molecule has 0 fully saturated rings. The van der Waals surface area contributed by atoms with Crippen LogP contribution in [-0.2, 0) is 0 Å². The summed E-state index contributed by atoms with van der Waals surface area (Å²) in [6.45, 7) is 2.00. The van der Waals surface area contributed by atoms with Crippen LogP contribution in [0, 0.1) is 6.92 Å². The van der Waals surface area contributed by atoms with Crippen LogP contribution in [-0.4, -0.2) is 0 Å². The van der Waals surface area contributed by atoms with E-state index in [2.05, 4.69) is 6.07 Å². The fourth-order valence-corrected chi connectivity index (χ4v) is 3.62. The lowest BCUT2D eigenvalue weighted by molar-refractivity contribution is 1.23. The molecule has 0 aromatic carbocycles. The van der Waals surface area contributed by atoms with Gasteiger partial charge in [0, 0.05) is 9.75 Å². The highest BCUT2D eigenvalue weighted by Crippen LogP contribution is 2.39. The predicted molar refractivity (Wildman–Crippen MR) is 66.1 cm³/mol. The second-order valence-electron chi connectivity index (χ2n) is 2.98. The molecule has 2 rings (SSSR count). The lowest BCUT2D eigenvalue weighted by atomic mass is 10.2. The van der Waals surface area contributed by atoms with E-state index in [1.165, 1.54) is 4.88 Å². The standard InChI is InChI=1S/C10H8Cl2S2/c1-6-5-8(14-10(6)12)9(11)7-3-2-4-13-7/h2-5,9H,1H3. The van der Waals surface area contributed by atoms with Gasteiger partial charge in [0.1, 0.15) is 5.38 Å². The third-order valence-corrected chi connectivity index (χ3v) is 5.21. The van der Waals surface area contributed by atoms with E-state index in [1.54, 1.807) is 22.7 Å². The van der Waals surface area contributed by atoms with E-state index >= 15 is 0 Å². The lowest BCUT2D eigenvalue weighted by Gasteiger charge is -2.02. The summed E-state index contributed by atoms with van der Waals surface area (Å²) in [5, 5.41) is 1.98. The Labute approximate surface area is 101 Å². The first kappa shape index (κ1) is 10.5. The predicted octanol–water partition coefficient (Wildman–Crippen LogP) is 5.10. The molecular weight excluding hydrogens is 255 g/mol. The van der Waals surface area contributed by atoms with Gasteiger partial charge in [-0.15, -0.1) is 34.3 Å². The zero-order chi connectivity index (χ0) is 10.1. The fourth-order valence-electron chi connectivity index (χ4n) is 1.18. The van der Waals surface area contributed by atoms with Crippen LogP contribution >= 0.6 is 45.9 Å². The van der Waals surface area contributed by atoms with E-state index < -0.39 is 0 Å². The van der Waals surface area contributed by atoms with Crippen molar-refractivity contribution in [2.45, 2.75) is 12.3 Å². The molecule has 0 aliphatic carbocycles. The topological polar surface area (TPSA) is 0 Å². The molecule has 14 heavy (non-hydrogen) atoms. The summed E-state index contributed by atoms with van der Waals surface area (Å²) in [6.07, 6.45) is 0. The van der Waals surface area contributed by atoms with Crippen LogP contribution < -0.4 is 0 Å². The summed E-state index contributed by atoms with van der Waals surface area (Å²) in [5.74, 6) is 0. The van der Waals surface area contributed by atoms with Crippen LogP contribution in [0.25, 0.3) is 0 Å². The first-order chi connectivity index (χ1) is 6.68. The number of halogens is 2. The van der Waals surface area contributed by atoms with Crippen LogP contribution in [0.15, 0.2) is 23.6 Å². The van der Waals surface area contributed by atoms with Crippen LogP contribution in [0.5, 0.6) is 0 Å². The van der Waals surface area contributed by atoms with Crippen molar-refractivity contribution in [3.63, 3.8) is 0 Å². The SMILES string of the molecule is Cc1cc(C(Cl)c2cccs2)sc1Cl. The summed E-state index contributed by atoms with van der Waals surface area (Å²) in [7, 11) is 0. The molecule has 4 heteroatoms. The van der Waals surface area contributed by atoms with Gasteiger partial charge >= 0.3 is 0 Å². The summed E-state index contributed by atoms with van der Waals surface area (Å²) < 4.78 is 0.835. The van der Waals surface area contributed by atoms with Crippen LogP contribution in [0.3, 0.4) is 0 Å². The van der Waals surface area contributed by atoms with Crippen molar-refractivity contribution in [1.29, 1.82) is 0 Å². The van der Waals surface area contributed by atoms with Gasteiger partial charge in [-0.25, -0.2) is 0 Å². The number of rotatable bonds is 2. The fraction of sp³-hybridized carbons (Fsp3) is 0.200. The Kier molecular flexibility index (Phi) is 3.17. The Balaban J connectivity index is 2.32. The van der Waals surface area contributed by atoms with Crippen molar-refractivity contribution in [2.24, 2.45) is 0 Å². The molecule has 74 valence electrons. The van der Waals surface area contributed by atoms with Crippen LogP contribution in [0.4, 0.5) is 0 Å². The molecule has 0 aliphatic rings. The zero-order valence-corrected chi connectivity index (χ0v) is 10.6. The van der Waals surface area contributed by atoms with Gasteiger partial charge in [0.15, 0.2) is 0 Å². The normalized spacial score (nSPS) is 13.1. The summed E-state index contributed by atoms with van der Waals surface area (Å²) >= 11 is 15.6. The minimum absolute atomic E-state index is 0.0498. The Morgan fingerprint density at radius 2 is 2.14 bits per heavy atom. The molecule has 0 N–H and O–H groups in total. The monoisotopic (exact) mass is 262 g/mol. The summed E-state index contributed by atoms with van der Waals surface area (Å²) in [4.78, 5) is 2.29. The van der Waals surface area contributed by atoms with E-state index in [4.69, 9.17) is 23.2 Å². The Morgan fingerprint density at radius 3 is 2.64 bits per heavy atom. The highest BCUT2D eigenvalue weighted by Gasteiger charge is 2.15. The van der Waals surface area contributed by atoms with Gasteiger partial charge in [0.05, 0.1) is 4.34 Å². The molecule has 2 aromatic heterocycles. The molecule has 1 unspecified atom stereocenters. The molecule has 1 atom stereocenters. The van der Waals surface area contributed by atoms with E-state index in [0.717, 1.165) is 14.8 Å². The van der Waals surface area contributed by atoms with Crippen LogP contribution in [0.1, 0.15) is 20.7 Å². The van der Waals surface area contributed by atoms with Gasteiger partial charge in [-0.2, -0.15) is 0 Å². The minimum atomic E-state index is -0.0498. The maximum Gasteiger partial charge on any atom is 0.102 e. The number of hydrogen-bond donors (Lipinski definition) is 0. The third-order valence-electron chi connectivity index (χ3n) is 1.92. The smallest absolute Gasteiger partial charge is 0.102 e. The second-order valence-corrected chi connectivity index (χ2v) is 6.09.